The molecule has 3 rings (SSSR count). The van der Waals surface area contributed by atoms with Gasteiger partial charge >= 0.3 is 0 Å². The van der Waals surface area contributed by atoms with Crippen LogP contribution in [0.5, 0.6) is 0 Å². The molecule has 2 fully saturated rings. The van der Waals surface area contributed by atoms with E-state index in [9.17, 15) is 0 Å². The summed E-state index contributed by atoms with van der Waals surface area (Å²) < 4.78 is 0. The van der Waals surface area contributed by atoms with Gasteiger partial charge in [0.05, 0.1) is 0 Å². The van der Waals surface area contributed by atoms with E-state index in [4.69, 9.17) is 0 Å². The van der Waals surface area contributed by atoms with Crippen LogP contribution in [0.1, 0.15) is 77.6 Å². The lowest BCUT2D eigenvalue weighted by Crippen LogP contribution is -2.24. The van der Waals surface area contributed by atoms with E-state index in [0.717, 1.165) is 17.8 Å². The summed E-state index contributed by atoms with van der Waals surface area (Å²) in [6, 6.07) is 0. The molecule has 0 amide bonds. The third-order valence-corrected chi connectivity index (χ3v) is 6.00. The summed E-state index contributed by atoms with van der Waals surface area (Å²) in [5.74, 6) is 3.11. The first kappa shape index (κ1) is 13.5. The Morgan fingerprint density at radius 3 is 2.05 bits per heavy atom. The number of hydrogen-bond acceptors (Lipinski definition) is 0. The fourth-order valence-electron chi connectivity index (χ4n) is 4.66. The summed E-state index contributed by atoms with van der Waals surface area (Å²) in [7, 11) is 0. The molecule has 0 heterocycles. The Labute approximate surface area is 119 Å². The van der Waals surface area contributed by atoms with Gasteiger partial charge in [-0.05, 0) is 63.2 Å². The molecule has 106 valence electrons. The minimum Gasteiger partial charge on any atom is -0.0730 e. The van der Waals surface area contributed by atoms with Crippen molar-refractivity contribution < 1.29 is 0 Å². The zero-order valence-corrected chi connectivity index (χ0v) is 12.7. The molecule has 0 nitrogen and oxygen atoms in total. The SMILES string of the molecule is CC1=CC=C(C2CCC(C3CCCCC3)CC2)CC1. The average molecular weight is 258 g/mol. The minimum atomic E-state index is 0.934. The molecule has 0 N–H and O–H groups in total. The van der Waals surface area contributed by atoms with Crippen LogP contribution >= 0.6 is 0 Å². The molecule has 19 heavy (non-hydrogen) atoms. The molecule has 0 unspecified atom stereocenters. The Morgan fingerprint density at radius 2 is 1.42 bits per heavy atom. The Kier molecular flexibility index (Phi) is 4.45. The summed E-state index contributed by atoms with van der Waals surface area (Å²) in [5.41, 5.74) is 3.34. The van der Waals surface area contributed by atoms with Crippen molar-refractivity contribution in [1.29, 1.82) is 0 Å². The second-order valence-corrected chi connectivity index (χ2v) is 7.26. The molecule has 0 aliphatic heterocycles. The van der Waals surface area contributed by atoms with Gasteiger partial charge in [0.15, 0.2) is 0 Å². The van der Waals surface area contributed by atoms with Crippen LogP contribution in [-0.2, 0) is 0 Å². The molecule has 0 atom stereocenters. The van der Waals surface area contributed by atoms with Crippen molar-refractivity contribution in [3.8, 4) is 0 Å². The van der Waals surface area contributed by atoms with Gasteiger partial charge in [-0.15, -0.1) is 0 Å². The molecule has 0 aromatic carbocycles. The predicted molar refractivity (Wildman–Crippen MR) is 83.1 cm³/mol. The van der Waals surface area contributed by atoms with Gasteiger partial charge in [-0.3, -0.25) is 0 Å². The van der Waals surface area contributed by atoms with Crippen LogP contribution in [0.4, 0.5) is 0 Å². The largest absolute Gasteiger partial charge is 0.0730 e. The lowest BCUT2D eigenvalue weighted by molar-refractivity contribution is 0.176. The Hall–Kier alpha value is -0.520. The maximum absolute atomic E-state index is 2.45. The van der Waals surface area contributed by atoms with Gasteiger partial charge in [-0.2, -0.15) is 0 Å². The van der Waals surface area contributed by atoms with E-state index in [2.05, 4.69) is 19.1 Å². The lowest BCUT2D eigenvalue weighted by Gasteiger charge is -2.37. The Morgan fingerprint density at radius 1 is 0.737 bits per heavy atom. The fourth-order valence-corrected chi connectivity index (χ4v) is 4.66. The van der Waals surface area contributed by atoms with Crippen molar-refractivity contribution in [2.45, 2.75) is 77.6 Å². The summed E-state index contributed by atoms with van der Waals surface area (Å²) in [6.07, 6.45) is 21.1. The van der Waals surface area contributed by atoms with E-state index in [0.29, 0.717) is 0 Å². The molecular formula is C19H30. The molecule has 3 aliphatic carbocycles. The number of hydrogen-bond donors (Lipinski definition) is 0. The third kappa shape index (κ3) is 3.33. The first-order valence-corrected chi connectivity index (χ1v) is 8.69. The smallest absolute Gasteiger partial charge is 0.0200 e. The first-order chi connectivity index (χ1) is 9.33. The van der Waals surface area contributed by atoms with Crippen molar-refractivity contribution in [1.82, 2.24) is 0 Å². The van der Waals surface area contributed by atoms with E-state index in [1.165, 1.54) is 57.8 Å². The van der Waals surface area contributed by atoms with Gasteiger partial charge < -0.3 is 0 Å². The van der Waals surface area contributed by atoms with Crippen molar-refractivity contribution in [3.63, 3.8) is 0 Å². The van der Waals surface area contributed by atoms with Gasteiger partial charge in [-0.25, -0.2) is 0 Å². The van der Waals surface area contributed by atoms with Gasteiger partial charge in [0.25, 0.3) is 0 Å². The van der Waals surface area contributed by atoms with Gasteiger partial charge in [-0.1, -0.05) is 55.4 Å². The quantitative estimate of drug-likeness (QED) is 0.566. The van der Waals surface area contributed by atoms with E-state index in [1.54, 1.807) is 24.0 Å². The molecule has 3 aliphatic rings. The zero-order chi connectivity index (χ0) is 13.1. The zero-order valence-electron chi connectivity index (χ0n) is 12.7. The molecule has 0 heteroatoms. The summed E-state index contributed by atoms with van der Waals surface area (Å²) >= 11 is 0. The molecule has 0 aromatic heterocycles. The second-order valence-electron chi connectivity index (χ2n) is 7.26. The van der Waals surface area contributed by atoms with Gasteiger partial charge in [0.1, 0.15) is 0 Å². The highest BCUT2D eigenvalue weighted by Gasteiger charge is 2.29. The van der Waals surface area contributed by atoms with Crippen LogP contribution < -0.4 is 0 Å². The minimum absolute atomic E-state index is 0.934. The first-order valence-electron chi connectivity index (χ1n) is 8.69. The molecule has 0 bridgehead atoms. The van der Waals surface area contributed by atoms with Gasteiger partial charge in [0, 0.05) is 0 Å². The summed E-state index contributed by atoms with van der Waals surface area (Å²) in [4.78, 5) is 0. The van der Waals surface area contributed by atoms with Crippen LogP contribution in [0, 0.1) is 17.8 Å². The molecular weight excluding hydrogens is 228 g/mol. The number of rotatable bonds is 2. The maximum Gasteiger partial charge on any atom is -0.0200 e. The van der Waals surface area contributed by atoms with E-state index in [1.807, 2.05) is 0 Å². The van der Waals surface area contributed by atoms with Crippen molar-refractivity contribution >= 4 is 0 Å². The highest BCUT2D eigenvalue weighted by molar-refractivity contribution is 5.24. The van der Waals surface area contributed by atoms with Gasteiger partial charge in [0.2, 0.25) is 0 Å². The molecule has 0 aromatic rings. The van der Waals surface area contributed by atoms with Crippen LogP contribution in [-0.4, -0.2) is 0 Å². The highest BCUT2D eigenvalue weighted by Crippen LogP contribution is 2.42. The lowest BCUT2D eigenvalue weighted by atomic mass is 9.69. The van der Waals surface area contributed by atoms with Crippen LogP contribution in [0.25, 0.3) is 0 Å². The van der Waals surface area contributed by atoms with Crippen molar-refractivity contribution in [3.05, 3.63) is 23.3 Å². The third-order valence-electron chi connectivity index (χ3n) is 6.00. The second kappa shape index (κ2) is 6.29. The molecule has 0 radical (unpaired) electrons. The van der Waals surface area contributed by atoms with E-state index in [-0.39, 0.29) is 0 Å². The number of allylic oxidation sites excluding steroid dienone is 4. The van der Waals surface area contributed by atoms with Crippen molar-refractivity contribution in [2.24, 2.45) is 17.8 Å². The van der Waals surface area contributed by atoms with E-state index >= 15 is 0 Å². The van der Waals surface area contributed by atoms with Crippen LogP contribution in [0.2, 0.25) is 0 Å². The maximum atomic E-state index is 2.45. The standard InChI is InChI=1S/C19H30/c1-15-7-9-17(10-8-15)19-13-11-18(12-14-19)16-5-3-2-4-6-16/h7,9,16,18-19H,2-6,8,10-14H2,1H3. The monoisotopic (exact) mass is 258 g/mol. The predicted octanol–water partition coefficient (Wildman–Crippen LogP) is 6.04. The highest BCUT2D eigenvalue weighted by atomic mass is 14.3. The summed E-state index contributed by atoms with van der Waals surface area (Å²) in [5, 5.41) is 0. The van der Waals surface area contributed by atoms with Crippen molar-refractivity contribution in [2.75, 3.05) is 0 Å². The molecule has 0 saturated heterocycles. The summed E-state index contributed by atoms with van der Waals surface area (Å²) in [6.45, 7) is 2.27. The molecule has 0 spiro atoms. The topological polar surface area (TPSA) is 0 Å². The Bertz CT molecular complexity index is 346. The fraction of sp³-hybridized carbons (Fsp3) is 0.789. The normalized spacial score (nSPS) is 33.7. The van der Waals surface area contributed by atoms with Crippen LogP contribution in [0.3, 0.4) is 0 Å². The van der Waals surface area contributed by atoms with E-state index < -0.39 is 0 Å². The Balaban J connectivity index is 1.52. The molecule has 2 saturated carbocycles. The van der Waals surface area contributed by atoms with Crippen LogP contribution in [0.15, 0.2) is 23.3 Å². The average Bonchev–Trinajstić information content (AvgIpc) is 2.49.